The minimum Gasteiger partial charge on any atom is -0.370 e. The SMILES string of the molecule is CCNc1nc(-c2cccc(Cl)c2)nc2[nH]c(C)cc12. The third kappa shape index (κ3) is 2.34. The molecule has 0 unspecified atom stereocenters. The van der Waals surface area contributed by atoms with Gasteiger partial charge in [0, 0.05) is 22.8 Å². The third-order valence-electron chi connectivity index (χ3n) is 3.05. The molecule has 20 heavy (non-hydrogen) atoms. The van der Waals surface area contributed by atoms with Crippen LogP contribution in [-0.4, -0.2) is 21.5 Å². The van der Waals surface area contributed by atoms with Gasteiger partial charge in [-0.25, -0.2) is 9.97 Å². The van der Waals surface area contributed by atoms with Gasteiger partial charge in [-0.15, -0.1) is 0 Å². The van der Waals surface area contributed by atoms with E-state index >= 15 is 0 Å². The van der Waals surface area contributed by atoms with E-state index < -0.39 is 0 Å². The van der Waals surface area contributed by atoms with Gasteiger partial charge in [0.1, 0.15) is 11.5 Å². The van der Waals surface area contributed by atoms with E-state index in [0.717, 1.165) is 34.7 Å². The quantitative estimate of drug-likeness (QED) is 0.764. The van der Waals surface area contributed by atoms with E-state index in [2.05, 4.69) is 26.3 Å². The highest BCUT2D eigenvalue weighted by molar-refractivity contribution is 6.30. The molecule has 3 rings (SSSR count). The van der Waals surface area contributed by atoms with Crippen LogP contribution in [0.15, 0.2) is 30.3 Å². The smallest absolute Gasteiger partial charge is 0.163 e. The molecule has 5 heteroatoms. The molecule has 0 atom stereocenters. The second-order valence-corrected chi connectivity index (χ2v) is 5.09. The Kier molecular flexibility index (Phi) is 3.32. The van der Waals surface area contributed by atoms with E-state index in [0.29, 0.717) is 10.8 Å². The maximum absolute atomic E-state index is 6.04. The number of rotatable bonds is 3. The first-order valence-electron chi connectivity index (χ1n) is 6.54. The second kappa shape index (κ2) is 5.13. The van der Waals surface area contributed by atoms with Crippen molar-refractivity contribution in [2.24, 2.45) is 0 Å². The maximum atomic E-state index is 6.04. The highest BCUT2D eigenvalue weighted by Gasteiger charge is 2.11. The van der Waals surface area contributed by atoms with Crippen LogP contribution in [-0.2, 0) is 0 Å². The summed E-state index contributed by atoms with van der Waals surface area (Å²) in [7, 11) is 0. The highest BCUT2D eigenvalue weighted by Crippen LogP contribution is 2.26. The molecule has 2 aromatic heterocycles. The van der Waals surface area contributed by atoms with E-state index in [1.54, 1.807) is 0 Å². The standard InChI is InChI=1S/C15H15ClN4/c1-3-17-14-12-7-9(2)18-15(12)20-13(19-14)10-5-4-6-11(16)8-10/h4-8H,3H2,1-2H3,(H2,17,18,19,20). The van der Waals surface area contributed by atoms with Crippen LogP contribution < -0.4 is 5.32 Å². The summed E-state index contributed by atoms with van der Waals surface area (Å²) in [6, 6.07) is 9.62. The van der Waals surface area contributed by atoms with Crippen LogP contribution in [0.1, 0.15) is 12.6 Å². The lowest BCUT2D eigenvalue weighted by atomic mass is 10.2. The number of fused-ring (bicyclic) bond motifs is 1. The van der Waals surface area contributed by atoms with Crippen molar-refractivity contribution in [1.29, 1.82) is 0 Å². The Morgan fingerprint density at radius 2 is 2.10 bits per heavy atom. The Balaban J connectivity index is 2.21. The number of hydrogen-bond acceptors (Lipinski definition) is 3. The van der Waals surface area contributed by atoms with Crippen molar-refractivity contribution in [2.75, 3.05) is 11.9 Å². The van der Waals surface area contributed by atoms with E-state index in [1.807, 2.05) is 38.1 Å². The lowest BCUT2D eigenvalue weighted by Crippen LogP contribution is -2.02. The van der Waals surface area contributed by atoms with Crippen molar-refractivity contribution in [3.05, 3.63) is 41.0 Å². The number of anilines is 1. The summed E-state index contributed by atoms with van der Waals surface area (Å²) in [6.07, 6.45) is 0. The molecule has 4 nitrogen and oxygen atoms in total. The molecule has 0 saturated heterocycles. The summed E-state index contributed by atoms with van der Waals surface area (Å²) < 4.78 is 0. The Bertz CT molecular complexity index is 764. The van der Waals surface area contributed by atoms with E-state index in [-0.39, 0.29) is 0 Å². The van der Waals surface area contributed by atoms with Crippen molar-refractivity contribution in [2.45, 2.75) is 13.8 Å². The zero-order valence-corrected chi connectivity index (χ0v) is 12.1. The molecule has 0 radical (unpaired) electrons. The fraction of sp³-hybridized carbons (Fsp3) is 0.200. The molecule has 1 aromatic carbocycles. The largest absolute Gasteiger partial charge is 0.370 e. The van der Waals surface area contributed by atoms with Gasteiger partial charge in [0.15, 0.2) is 5.82 Å². The fourth-order valence-electron chi connectivity index (χ4n) is 2.20. The van der Waals surface area contributed by atoms with Gasteiger partial charge in [-0.2, -0.15) is 0 Å². The van der Waals surface area contributed by atoms with Crippen LogP contribution in [0.25, 0.3) is 22.4 Å². The molecule has 0 amide bonds. The van der Waals surface area contributed by atoms with Crippen LogP contribution in [0.2, 0.25) is 5.02 Å². The predicted molar refractivity (Wildman–Crippen MR) is 83.2 cm³/mol. The van der Waals surface area contributed by atoms with Crippen molar-refractivity contribution in [1.82, 2.24) is 15.0 Å². The first-order chi connectivity index (χ1) is 9.67. The minimum absolute atomic E-state index is 0.665. The van der Waals surface area contributed by atoms with Crippen molar-refractivity contribution in [3.63, 3.8) is 0 Å². The molecule has 0 aliphatic carbocycles. The van der Waals surface area contributed by atoms with Gasteiger partial charge in [0.05, 0.1) is 5.39 Å². The van der Waals surface area contributed by atoms with Gasteiger partial charge < -0.3 is 10.3 Å². The molecular formula is C15H15ClN4. The zero-order chi connectivity index (χ0) is 14.1. The Morgan fingerprint density at radius 3 is 2.85 bits per heavy atom. The lowest BCUT2D eigenvalue weighted by Gasteiger charge is -2.07. The summed E-state index contributed by atoms with van der Waals surface area (Å²) in [4.78, 5) is 12.5. The first kappa shape index (κ1) is 12.9. The average molecular weight is 287 g/mol. The molecule has 0 aliphatic rings. The monoisotopic (exact) mass is 286 g/mol. The van der Waals surface area contributed by atoms with Crippen molar-refractivity contribution < 1.29 is 0 Å². The normalized spacial score (nSPS) is 10.9. The van der Waals surface area contributed by atoms with E-state index in [9.17, 15) is 0 Å². The number of nitrogens with one attached hydrogen (secondary N) is 2. The van der Waals surface area contributed by atoms with Gasteiger partial charge >= 0.3 is 0 Å². The Hall–Kier alpha value is -2.07. The Labute approximate surface area is 122 Å². The molecule has 2 heterocycles. The van der Waals surface area contributed by atoms with Gasteiger partial charge in [-0.1, -0.05) is 23.7 Å². The second-order valence-electron chi connectivity index (χ2n) is 4.65. The zero-order valence-electron chi connectivity index (χ0n) is 11.4. The summed E-state index contributed by atoms with van der Waals surface area (Å²) in [5, 5.41) is 4.97. The number of halogens is 1. The summed E-state index contributed by atoms with van der Waals surface area (Å²) >= 11 is 6.04. The van der Waals surface area contributed by atoms with E-state index in [4.69, 9.17) is 11.6 Å². The molecule has 3 aromatic rings. The van der Waals surface area contributed by atoms with Crippen molar-refractivity contribution >= 4 is 28.5 Å². The topological polar surface area (TPSA) is 53.6 Å². The number of aryl methyl sites for hydroxylation is 1. The average Bonchev–Trinajstić information content (AvgIpc) is 2.79. The number of nitrogens with zero attached hydrogens (tertiary/aromatic N) is 2. The summed E-state index contributed by atoms with van der Waals surface area (Å²) in [6.45, 7) is 4.87. The predicted octanol–water partition coefficient (Wildman–Crippen LogP) is 4.02. The number of aromatic amines is 1. The molecule has 102 valence electrons. The lowest BCUT2D eigenvalue weighted by molar-refractivity contribution is 1.14. The number of aromatic nitrogens is 3. The number of H-pyrrole nitrogens is 1. The fourth-order valence-corrected chi connectivity index (χ4v) is 2.39. The van der Waals surface area contributed by atoms with Gasteiger partial charge in [0.25, 0.3) is 0 Å². The molecule has 0 aliphatic heterocycles. The van der Waals surface area contributed by atoms with E-state index in [1.165, 1.54) is 0 Å². The highest BCUT2D eigenvalue weighted by atomic mass is 35.5. The van der Waals surface area contributed by atoms with Crippen molar-refractivity contribution in [3.8, 4) is 11.4 Å². The first-order valence-corrected chi connectivity index (χ1v) is 6.92. The van der Waals surface area contributed by atoms with Gasteiger partial charge in [-0.05, 0) is 32.0 Å². The van der Waals surface area contributed by atoms with Crippen LogP contribution >= 0.6 is 11.6 Å². The van der Waals surface area contributed by atoms with Gasteiger partial charge in [-0.3, -0.25) is 0 Å². The molecule has 0 spiro atoms. The van der Waals surface area contributed by atoms with Crippen LogP contribution in [0, 0.1) is 6.92 Å². The molecule has 0 saturated carbocycles. The molecule has 0 bridgehead atoms. The van der Waals surface area contributed by atoms with Crippen LogP contribution in [0.3, 0.4) is 0 Å². The van der Waals surface area contributed by atoms with Gasteiger partial charge in [0.2, 0.25) is 0 Å². The van der Waals surface area contributed by atoms with Crippen LogP contribution in [0.5, 0.6) is 0 Å². The minimum atomic E-state index is 0.665. The number of benzene rings is 1. The molecular weight excluding hydrogens is 272 g/mol. The van der Waals surface area contributed by atoms with Crippen LogP contribution in [0.4, 0.5) is 5.82 Å². The molecule has 2 N–H and O–H groups in total. The number of hydrogen-bond donors (Lipinski definition) is 2. The molecule has 0 fully saturated rings. The summed E-state index contributed by atoms with van der Waals surface area (Å²) in [5.74, 6) is 1.51. The third-order valence-corrected chi connectivity index (χ3v) is 3.28. The Morgan fingerprint density at radius 1 is 1.25 bits per heavy atom. The maximum Gasteiger partial charge on any atom is 0.163 e. The summed E-state index contributed by atoms with van der Waals surface area (Å²) in [5.41, 5.74) is 2.81.